The SMILES string of the molecule is [2H]C([2H])([2H])c1cccc(C([2H])([2H])[2H])c1-c1ccc2c(c1)n(-c1[c-]c(Oc3[c-]c4c(cc3)c3ccccc3n4-c3cc(C(C)(C)C)ccn3)ccc1)[c-][n+]2-c1c(-c2cc(C(C)(C)C)cc(C(C)(C)C)c2)cc(C(C)(C)C)cc1C(C)(C)C.[Pt]. The van der Waals surface area contributed by atoms with Gasteiger partial charge in [-0.3, -0.25) is 4.57 Å². The fraction of sp³-hybridized carbons (Fsp3) is 0.314. The van der Waals surface area contributed by atoms with E-state index in [-0.39, 0.29) is 64.8 Å². The van der Waals surface area contributed by atoms with Crippen LogP contribution in [0.25, 0.3) is 72.3 Å². The summed E-state index contributed by atoms with van der Waals surface area (Å²) in [6, 6.07) is 51.4. The molecule has 76 heavy (non-hydrogen) atoms. The molecule has 7 aromatic carbocycles. The Bertz CT molecular complexity index is 4020. The molecule has 0 amide bonds. The molecule has 0 saturated carbocycles. The van der Waals surface area contributed by atoms with E-state index >= 15 is 0 Å². The van der Waals surface area contributed by atoms with E-state index in [1.54, 1.807) is 0 Å². The van der Waals surface area contributed by atoms with Crippen LogP contribution in [0.4, 0.5) is 0 Å². The first-order chi connectivity index (χ1) is 37.6. The quantitative estimate of drug-likeness (QED) is 0.118. The first-order valence-electron chi connectivity index (χ1n) is 29.2. The standard InChI is InChI=1S/C70H74N4O.Pt/c1-44-22-20-23-45(2)64(44)46-28-31-60-62(36-46)72(43-73(60)65-57(38-51(69(12,13)14)39-58(65)70(15,16)17)47-34-49(67(6,7)8)37-50(35-47)68(9,10)11)52-24-21-25-53(41-52)75-54-29-30-56-55-26-18-19-27-59(55)74(61(56)42-54)63-40-48(32-33-71-63)66(3,4)5;/h18-40H,1-17H3;/q-2;/i1D3,2D3;. The summed E-state index contributed by atoms with van der Waals surface area (Å²) >= 11 is 0. The molecule has 6 heteroatoms. The molecule has 0 atom stereocenters. The Morgan fingerprint density at radius 2 is 1.16 bits per heavy atom. The number of rotatable bonds is 7. The smallest absolute Gasteiger partial charge is 0.268 e. The maximum absolute atomic E-state index is 8.66. The molecule has 10 aromatic rings. The summed E-state index contributed by atoms with van der Waals surface area (Å²) in [7, 11) is 0. The van der Waals surface area contributed by atoms with Crippen LogP contribution < -0.4 is 9.30 Å². The Balaban J connectivity index is 0.00000810. The minimum absolute atomic E-state index is 0. The number of nitrogens with zero attached hydrogens (tertiary/aromatic N) is 4. The van der Waals surface area contributed by atoms with Crippen LogP contribution in [0.3, 0.4) is 0 Å². The molecule has 0 aliphatic carbocycles. The van der Waals surface area contributed by atoms with E-state index in [9.17, 15) is 0 Å². The summed E-state index contributed by atoms with van der Waals surface area (Å²) in [5, 5.41) is 2.09. The zero-order valence-corrected chi connectivity index (χ0v) is 49.1. The summed E-state index contributed by atoms with van der Waals surface area (Å²) in [6.07, 6.45) is 5.70. The number of benzene rings is 7. The van der Waals surface area contributed by atoms with Gasteiger partial charge < -0.3 is 13.9 Å². The van der Waals surface area contributed by atoms with E-state index in [2.05, 4.69) is 192 Å². The van der Waals surface area contributed by atoms with Gasteiger partial charge in [0.05, 0.1) is 16.7 Å². The van der Waals surface area contributed by atoms with Crippen LogP contribution in [0.5, 0.6) is 11.5 Å². The number of aryl methyl sites for hydroxylation is 2. The Morgan fingerprint density at radius 1 is 0.526 bits per heavy atom. The molecular formula is C70H74N4OPt-2. The zero-order chi connectivity index (χ0) is 58.7. The van der Waals surface area contributed by atoms with Gasteiger partial charge in [0, 0.05) is 52.5 Å². The Morgan fingerprint density at radius 3 is 1.80 bits per heavy atom. The molecule has 0 aliphatic rings. The van der Waals surface area contributed by atoms with Crippen molar-refractivity contribution in [1.82, 2.24) is 14.1 Å². The molecular weight excluding hydrogens is 1110 g/mol. The molecule has 0 aliphatic heterocycles. The molecule has 10 rings (SSSR count). The largest absolute Gasteiger partial charge is 0.510 e. The molecule has 0 unspecified atom stereocenters. The van der Waals surface area contributed by atoms with Crippen molar-refractivity contribution in [1.29, 1.82) is 0 Å². The van der Waals surface area contributed by atoms with Gasteiger partial charge in [-0.25, -0.2) is 4.98 Å². The topological polar surface area (TPSA) is 35.9 Å². The zero-order valence-electron chi connectivity index (χ0n) is 52.8. The van der Waals surface area contributed by atoms with Gasteiger partial charge in [0.2, 0.25) is 0 Å². The summed E-state index contributed by atoms with van der Waals surface area (Å²) in [4.78, 5) is 4.88. The number of ether oxygens (including phenoxy) is 1. The third kappa shape index (κ3) is 10.3. The van der Waals surface area contributed by atoms with Gasteiger partial charge in [0.15, 0.2) is 0 Å². The van der Waals surface area contributed by atoms with Crippen molar-refractivity contribution >= 4 is 32.8 Å². The first-order valence-corrected chi connectivity index (χ1v) is 26.2. The molecule has 3 heterocycles. The molecule has 0 N–H and O–H groups in total. The Kier molecular flexibility index (Phi) is 12.0. The summed E-state index contributed by atoms with van der Waals surface area (Å²) in [6.45, 7) is 28.4. The fourth-order valence-electron chi connectivity index (χ4n) is 10.1. The molecule has 0 saturated heterocycles. The maximum Gasteiger partial charge on any atom is 0.268 e. The van der Waals surface area contributed by atoms with Crippen LogP contribution in [-0.2, 0) is 48.1 Å². The number of aromatic nitrogens is 4. The number of fused-ring (bicyclic) bond motifs is 4. The van der Waals surface area contributed by atoms with Crippen molar-refractivity contribution < 1.29 is 38.6 Å². The maximum atomic E-state index is 8.66. The third-order valence-electron chi connectivity index (χ3n) is 14.6. The van der Waals surface area contributed by atoms with E-state index in [4.69, 9.17) is 17.9 Å². The third-order valence-corrected chi connectivity index (χ3v) is 14.6. The number of pyridine rings is 1. The van der Waals surface area contributed by atoms with Crippen molar-refractivity contribution in [3.63, 3.8) is 0 Å². The second-order valence-electron chi connectivity index (χ2n) is 25.5. The minimum atomic E-state index is -2.61. The van der Waals surface area contributed by atoms with E-state index < -0.39 is 13.7 Å². The van der Waals surface area contributed by atoms with Crippen LogP contribution in [0.2, 0.25) is 0 Å². The van der Waals surface area contributed by atoms with Crippen LogP contribution in [0.1, 0.15) is 151 Å². The summed E-state index contributed by atoms with van der Waals surface area (Å²) < 4.78 is 64.9. The van der Waals surface area contributed by atoms with Gasteiger partial charge in [-0.15, -0.1) is 29.7 Å². The minimum Gasteiger partial charge on any atom is -0.510 e. The van der Waals surface area contributed by atoms with Crippen molar-refractivity contribution in [2.75, 3.05) is 0 Å². The molecule has 0 radical (unpaired) electrons. The fourth-order valence-corrected chi connectivity index (χ4v) is 10.1. The molecule has 5 nitrogen and oxygen atoms in total. The summed E-state index contributed by atoms with van der Waals surface area (Å²) in [5.41, 5.74) is 12.3. The molecule has 0 spiro atoms. The second-order valence-corrected chi connectivity index (χ2v) is 25.5. The van der Waals surface area contributed by atoms with Gasteiger partial charge in [0.25, 0.3) is 6.33 Å². The van der Waals surface area contributed by atoms with Crippen LogP contribution >= 0.6 is 0 Å². The van der Waals surface area contributed by atoms with Crippen molar-refractivity contribution in [2.24, 2.45) is 0 Å². The normalized spacial score (nSPS) is 14.2. The van der Waals surface area contributed by atoms with Gasteiger partial charge in [-0.05, 0) is 137 Å². The van der Waals surface area contributed by atoms with Gasteiger partial charge in [-0.1, -0.05) is 188 Å². The second kappa shape index (κ2) is 19.5. The van der Waals surface area contributed by atoms with Crippen molar-refractivity contribution in [2.45, 2.75) is 145 Å². The average molecular weight is 1190 g/mol. The first kappa shape index (κ1) is 46.7. The van der Waals surface area contributed by atoms with Crippen LogP contribution in [0, 0.1) is 32.2 Å². The monoisotopic (exact) mass is 1190 g/mol. The van der Waals surface area contributed by atoms with Crippen molar-refractivity contribution in [3.05, 3.63) is 197 Å². The average Bonchev–Trinajstić information content (AvgIpc) is 3.97. The van der Waals surface area contributed by atoms with E-state index in [1.165, 1.54) is 34.9 Å². The predicted molar refractivity (Wildman–Crippen MR) is 314 cm³/mol. The number of hydrogen-bond acceptors (Lipinski definition) is 2. The van der Waals surface area contributed by atoms with Gasteiger partial charge in [0.1, 0.15) is 5.82 Å². The Labute approximate surface area is 475 Å². The molecule has 0 bridgehead atoms. The van der Waals surface area contributed by atoms with E-state index in [0.29, 0.717) is 28.3 Å². The van der Waals surface area contributed by atoms with E-state index in [0.717, 1.165) is 61.1 Å². The molecule has 392 valence electrons. The molecule has 3 aromatic heterocycles. The van der Waals surface area contributed by atoms with Gasteiger partial charge in [-0.2, -0.15) is 18.2 Å². The summed E-state index contributed by atoms with van der Waals surface area (Å²) in [5.74, 6) is 1.69. The number of hydrogen-bond donors (Lipinski definition) is 0. The number of imidazole rings is 1. The predicted octanol–water partition coefficient (Wildman–Crippen LogP) is 18.0. The number of para-hydroxylation sites is 1. The van der Waals surface area contributed by atoms with Crippen molar-refractivity contribution in [3.8, 4) is 50.9 Å². The van der Waals surface area contributed by atoms with E-state index in [1.807, 2.05) is 65.4 Å². The molecule has 0 fully saturated rings. The van der Waals surface area contributed by atoms with Crippen LogP contribution in [0.15, 0.2) is 140 Å². The van der Waals surface area contributed by atoms with Crippen LogP contribution in [-0.4, -0.2) is 14.1 Å². The Hall–Kier alpha value is -6.55. The van der Waals surface area contributed by atoms with Gasteiger partial charge >= 0.3 is 0 Å².